The Balaban J connectivity index is 1.93. The Kier molecular flexibility index (Phi) is 6.13. The Labute approximate surface area is 170 Å². The molecule has 2 aromatic carbocycles. The molecular formula is C18H15Cl2N5O3. The average molecular weight is 420 g/mol. The zero-order chi connectivity index (χ0) is 20.1. The lowest BCUT2D eigenvalue weighted by atomic mass is 10.2. The molecule has 0 amide bonds. The van der Waals surface area contributed by atoms with E-state index in [2.05, 4.69) is 20.6 Å². The summed E-state index contributed by atoms with van der Waals surface area (Å²) in [5.74, 6) is 0.522. The summed E-state index contributed by atoms with van der Waals surface area (Å²) in [7, 11) is 1.49. The molecule has 144 valence electrons. The summed E-state index contributed by atoms with van der Waals surface area (Å²) < 4.78 is 5.26. The number of nitrogens with zero attached hydrogens (tertiary/aromatic N) is 3. The zero-order valence-electron chi connectivity index (χ0n) is 14.6. The molecule has 1 aromatic heterocycles. The molecule has 1 heterocycles. The van der Waals surface area contributed by atoms with Crippen LogP contribution in [-0.4, -0.2) is 22.0 Å². The third-order valence-corrected chi connectivity index (χ3v) is 4.43. The van der Waals surface area contributed by atoms with E-state index < -0.39 is 4.92 Å². The van der Waals surface area contributed by atoms with Crippen molar-refractivity contribution in [3.05, 3.63) is 74.5 Å². The summed E-state index contributed by atoms with van der Waals surface area (Å²) >= 11 is 12.2. The number of benzene rings is 2. The highest BCUT2D eigenvalue weighted by Gasteiger charge is 2.24. The van der Waals surface area contributed by atoms with Crippen LogP contribution in [0, 0.1) is 10.1 Å². The minimum absolute atomic E-state index is 0.00206. The molecule has 28 heavy (non-hydrogen) atoms. The second-order valence-corrected chi connectivity index (χ2v) is 6.43. The van der Waals surface area contributed by atoms with Gasteiger partial charge in [0, 0.05) is 16.6 Å². The van der Waals surface area contributed by atoms with Crippen LogP contribution in [0.15, 0.2) is 48.8 Å². The molecule has 2 N–H and O–H groups in total. The first-order chi connectivity index (χ1) is 13.5. The molecule has 0 bridgehead atoms. The molecule has 0 atom stereocenters. The molecule has 0 fully saturated rings. The van der Waals surface area contributed by atoms with Gasteiger partial charge >= 0.3 is 5.69 Å². The van der Waals surface area contributed by atoms with Crippen LogP contribution in [0.3, 0.4) is 0 Å². The molecule has 0 radical (unpaired) electrons. The first kappa shape index (κ1) is 19.7. The number of nitro groups is 1. The molecule has 8 nitrogen and oxygen atoms in total. The van der Waals surface area contributed by atoms with Gasteiger partial charge in [0.25, 0.3) is 0 Å². The minimum atomic E-state index is -0.561. The van der Waals surface area contributed by atoms with Gasteiger partial charge in [-0.1, -0.05) is 41.4 Å². The maximum atomic E-state index is 11.7. The van der Waals surface area contributed by atoms with E-state index in [1.54, 1.807) is 30.3 Å². The van der Waals surface area contributed by atoms with Crippen molar-refractivity contribution in [2.24, 2.45) is 0 Å². The maximum Gasteiger partial charge on any atom is 0.353 e. The van der Waals surface area contributed by atoms with Crippen molar-refractivity contribution in [1.29, 1.82) is 0 Å². The van der Waals surface area contributed by atoms with Crippen LogP contribution in [0.1, 0.15) is 5.56 Å². The Morgan fingerprint density at radius 2 is 1.89 bits per heavy atom. The number of anilines is 3. The fourth-order valence-electron chi connectivity index (χ4n) is 2.50. The van der Waals surface area contributed by atoms with Crippen LogP contribution in [0.2, 0.25) is 10.0 Å². The summed E-state index contributed by atoms with van der Waals surface area (Å²) in [5, 5.41) is 18.5. The number of methoxy groups -OCH3 is 1. The molecule has 0 aliphatic heterocycles. The van der Waals surface area contributed by atoms with Crippen molar-refractivity contribution in [2.45, 2.75) is 6.54 Å². The molecule has 0 spiro atoms. The van der Waals surface area contributed by atoms with Crippen LogP contribution < -0.4 is 15.4 Å². The third kappa shape index (κ3) is 4.41. The van der Waals surface area contributed by atoms with E-state index in [0.717, 1.165) is 5.56 Å². The van der Waals surface area contributed by atoms with Gasteiger partial charge in [-0.25, -0.2) is 9.97 Å². The van der Waals surface area contributed by atoms with E-state index in [9.17, 15) is 10.1 Å². The van der Waals surface area contributed by atoms with Crippen molar-refractivity contribution in [2.75, 3.05) is 17.7 Å². The Morgan fingerprint density at radius 3 is 2.61 bits per heavy atom. The van der Waals surface area contributed by atoms with Crippen LogP contribution in [-0.2, 0) is 6.54 Å². The lowest BCUT2D eigenvalue weighted by Gasteiger charge is -2.13. The number of halogens is 2. The molecule has 3 aromatic rings. The quantitative estimate of drug-likeness (QED) is 0.407. The lowest BCUT2D eigenvalue weighted by Crippen LogP contribution is -2.08. The standard InChI is InChI=1S/C18H15Cl2N5O3/c1-28-15-7-6-12(19)8-14(15)24-18-16(25(26)27)17(22-10-23-18)21-9-11-4-2-3-5-13(11)20/h2-8,10H,9H2,1H3,(H2,21,22,23,24). The Morgan fingerprint density at radius 1 is 1.14 bits per heavy atom. The van der Waals surface area contributed by atoms with Crippen LogP contribution in [0.25, 0.3) is 0 Å². The van der Waals surface area contributed by atoms with Crippen LogP contribution in [0.4, 0.5) is 23.0 Å². The number of rotatable bonds is 7. The van der Waals surface area contributed by atoms with Gasteiger partial charge in [0.05, 0.1) is 17.7 Å². The van der Waals surface area contributed by atoms with Crippen molar-refractivity contribution < 1.29 is 9.66 Å². The fraction of sp³-hybridized carbons (Fsp3) is 0.111. The second kappa shape index (κ2) is 8.73. The number of ether oxygens (including phenoxy) is 1. The van der Waals surface area contributed by atoms with Gasteiger partial charge in [-0.3, -0.25) is 10.1 Å². The highest BCUT2D eigenvalue weighted by molar-refractivity contribution is 6.31. The van der Waals surface area contributed by atoms with Crippen molar-refractivity contribution >= 4 is 46.2 Å². The second-order valence-electron chi connectivity index (χ2n) is 5.59. The van der Waals surface area contributed by atoms with Gasteiger partial charge < -0.3 is 15.4 Å². The summed E-state index contributed by atoms with van der Waals surface area (Å²) in [6.07, 6.45) is 1.22. The minimum Gasteiger partial charge on any atom is -0.495 e. The predicted octanol–water partition coefficient (Wildman–Crippen LogP) is 5.06. The predicted molar refractivity (Wildman–Crippen MR) is 109 cm³/mol. The summed E-state index contributed by atoms with van der Waals surface area (Å²) in [4.78, 5) is 19.1. The fourth-order valence-corrected chi connectivity index (χ4v) is 2.87. The first-order valence-corrected chi connectivity index (χ1v) is 8.82. The van der Waals surface area contributed by atoms with Crippen molar-refractivity contribution in [1.82, 2.24) is 9.97 Å². The van der Waals surface area contributed by atoms with E-state index in [4.69, 9.17) is 27.9 Å². The van der Waals surface area contributed by atoms with Gasteiger partial charge in [-0.05, 0) is 29.8 Å². The monoisotopic (exact) mass is 419 g/mol. The van der Waals surface area contributed by atoms with Gasteiger partial charge in [0.2, 0.25) is 11.6 Å². The van der Waals surface area contributed by atoms with Crippen molar-refractivity contribution in [3.63, 3.8) is 0 Å². The van der Waals surface area contributed by atoms with Gasteiger partial charge in [-0.15, -0.1) is 0 Å². The smallest absolute Gasteiger partial charge is 0.353 e. The van der Waals surface area contributed by atoms with E-state index in [0.29, 0.717) is 21.5 Å². The topological polar surface area (TPSA) is 102 Å². The summed E-state index contributed by atoms with van der Waals surface area (Å²) in [6.45, 7) is 0.261. The first-order valence-electron chi connectivity index (χ1n) is 8.07. The SMILES string of the molecule is COc1ccc(Cl)cc1Nc1ncnc(NCc2ccccc2Cl)c1[N+](=O)[O-]. The molecule has 0 saturated carbocycles. The van der Waals surface area contributed by atoms with Gasteiger partial charge in [0.1, 0.15) is 12.1 Å². The number of nitrogens with one attached hydrogen (secondary N) is 2. The average Bonchev–Trinajstić information content (AvgIpc) is 2.67. The number of hydrogen-bond acceptors (Lipinski definition) is 7. The van der Waals surface area contributed by atoms with Crippen LogP contribution in [0.5, 0.6) is 5.75 Å². The molecule has 0 saturated heterocycles. The maximum absolute atomic E-state index is 11.7. The normalized spacial score (nSPS) is 10.4. The number of aromatic nitrogens is 2. The molecule has 0 unspecified atom stereocenters. The van der Waals surface area contributed by atoms with E-state index in [1.807, 2.05) is 12.1 Å². The van der Waals surface area contributed by atoms with E-state index in [-0.39, 0.29) is 23.9 Å². The molecular weight excluding hydrogens is 405 g/mol. The third-order valence-electron chi connectivity index (χ3n) is 3.82. The zero-order valence-corrected chi connectivity index (χ0v) is 16.2. The lowest BCUT2D eigenvalue weighted by molar-refractivity contribution is -0.383. The van der Waals surface area contributed by atoms with E-state index in [1.165, 1.54) is 13.4 Å². The van der Waals surface area contributed by atoms with Crippen LogP contribution >= 0.6 is 23.2 Å². The largest absolute Gasteiger partial charge is 0.495 e. The molecule has 0 aliphatic rings. The van der Waals surface area contributed by atoms with Gasteiger partial charge in [-0.2, -0.15) is 0 Å². The number of hydrogen-bond donors (Lipinski definition) is 2. The highest BCUT2D eigenvalue weighted by Crippen LogP contribution is 2.35. The summed E-state index contributed by atoms with van der Waals surface area (Å²) in [5.41, 5.74) is 0.911. The molecule has 0 aliphatic carbocycles. The molecule has 10 heteroatoms. The van der Waals surface area contributed by atoms with Gasteiger partial charge in [0.15, 0.2) is 0 Å². The van der Waals surface area contributed by atoms with Crippen molar-refractivity contribution in [3.8, 4) is 5.75 Å². The Bertz CT molecular complexity index is 1020. The molecule has 3 rings (SSSR count). The summed E-state index contributed by atoms with van der Waals surface area (Å²) in [6, 6.07) is 12.1. The van der Waals surface area contributed by atoms with E-state index >= 15 is 0 Å². The highest BCUT2D eigenvalue weighted by atomic mass is 35.5. The Hall–Kier alpha value is -3.10.